The average molecular weight is 373 g/mol. The van der Waals surface area contributed by atoms with Crippen molar-refractivity contribution in [3.8, 4) is 0 Å². The summed E-state index contributed by atoms with van der Waals surface area (Å²) in [6.45, 7) is 3.31. The number of ketones is 1. The van der Waals surface area contributed by atoms with Gasteiger partial charge in [-0.25, -0.2) is 0 Å². The number of rotatable bonds is 7. The van der Waals surface area contributed by atoms with Gasteiger partial charge in [-0.2, -0.15) is 0 Å². The fourth-order valence-electron chi connectivity index (χ4n) is 2.01. The topological polar surface area (TPSA) is 54.4 Å². The summed E-state index contributed by atoms with van der Waals surface area (Å²) in [6, 6.07) is 15.0. The van der Waals surface area contributed by atoms with Crippen LogP contribution in [0.15, 0.2) is 64.4 Å². The first-order valence-corrected chi connectivity index (χ1v) is 9.75. The van der Waals surface area contributed by atoms with E-state index in [1.807, 2.05) is 30.5 Å². The fourth-order valence-corrected chi connectivity index (χ4v) is 3.37. The molecule has 1 N–H and O–H groups in total. The number of hydrogen-bond donors (Lipinski definition) is 1. The van der Waals surface area contributed by atoms with Crippen LogP contribution in [-0.4, -0.2) is 27.9 Å². The number of thioether (sulfide) groups is 2. The molecule has 0 aliphatic heterocycles. The summed E-state index contributed by atoms with van der Waals surface area (Å²) in [6.07, 6.45) is 5.37. The molecule has 0 saturated heterocycles. The van der Waals surface area contributed by atoms with Crippen LogP contribution in [0.4, 0.5) is 0 Å². The van der Waals surface area contributed by atoms with Crippen molar-refractivity contribution < 1.29 is 14.7 Å². The predicted molar refractivity (Wildman–Crippen MR) is 106 cm³/mol. The molecule has 0 radical (unpaired) electrons. The second kappa shape index (κ2) is 8.41. The molecule has 0 spiro atoms. The molecule has 2 aromatic carbocycles. The Labute approximate surface area is 156 Å². The number of allylic oxidation sites excluding steroid dienone is 1. The molecule has 25 heavy (non-hydrogen) atoms. The number of aliphatic carboxylic acids is 1. The minimum atomic E-state index is -0.908. The third kappa shape index (κ3) is 5.51. The molecule has 0 atom stereocenters. The van der Waals surface area contributed by atoms with Gasteiger partial charge in [0.1, 0.15) is 4.75 Å². The maximum Gasteiger partial charge on any atom is 0.319 e. The highest BCUT2D eigenvalue weighted by atomic mass is 32.2. The van der Waals surface area contributed by atoms with Crippen LogP contribution in [0, 0.1) is 0 Å². The zero-order valence-electron chi connectivity index (χ0n) is 14.4. The Bertz CT molecular complexity index is 776. The van der Waals surface area contributed by atoms with Crippen molar-refractivity contribution in [2.45, 2.75) is 28.4 Å². The Kier molecular flexibility index (Phi) is 6.51. The molecular formula is C20H20O3S2. The fraction of sp³-hybridized carbons (Fsp3) is 0.200. The Balaban J connectivity index is 2.04. The van der Waals surface area contributed by atoms with E-state index in [0.29, 0.717) is 5.56 Å². The molecule has 130 valence electrons. The molecule has 0 fully saturated rings. The Hall–Kier alpha value is -1.98. The lowest BCUT2D eigenvalue weighted by Crippen LogP contribution is -2.26. The van der Waals surface area contributed by atoms with Crippen molar-refractivity contribution in [3.05, 3.63) is 65.7 Å². The first-order chi connectivity index (χ1) is 11.8. The van der Waals surface area contributed by atoms with Gasteiger partial charge in [0, 0.05) is 15.4 Å². The number of carboxylic acids is 1. The van der Waals surface area contributed by atoms with Crippen LogP contribution in [0.3, 0.4) is 0 Å². The van der Waals surface area contributed by atoms with Gasteiger partial charge < -0.3 is 5.11 Å². The van der Waals surface area contributed by atoms with E-state index in [9.17, 15) is 14.7 Å². The third-order valence-electron chi connectivity index (χ3n) is 3.57. The van der Waals surface area contributed by atoms with Gasteiger partial charge in [0.25, 0.3) is 0 Å². The molecule has 2 aromatic rings. The average Bonchev–Trinajstić information content (AvgIpc) is 2.60. The number of carboxylic acid groups (broad SMARTS) is 1. The number of hydrogen-bond acceptors (Lipinski definition) is 4. The molecule has 0 amide bonds. The predicted octanol–water partition coefficient (Wildman–Crippen LogP) is 5.26. The largest absolute Gasteiger partial charge is 0.480 e. The molecular weight excluding hydrogens is 352 g/mol. The first-order valence-electron chi connectivity index (χ1n) is 7.71. The van der Waals surface area contributed by atoms with Crippen molar-refractivity contribution in [3.63, 3.8) is 0 Å². The molecule has 3 nitrogen and oxygen atoms in total. The van der Waals surface area contributed by atoms with Crippen molar-refractivity contribution in [2.24, 2.45) is 0 Å². The molecule has 0 saturated carbocycles. The van der Waals surface area contributed by atoms with Crippen molar-refractivity contribution in [1.29, 1.82) is 0 Å². The minimum Gasteiger partial charge on any atom is -0.480 e. The third-order valence-corrected chi connectivity index (χ3v) is 5.51. The van der Waals surface area contributed by atoms with E-state index in [4.69, 9.17) is 0 Å². The molecule has 0 aliphatic carbocycles. The van der Waals surface area contributed by atoms with Crippen LogP contribution in [0.2, 0.25) is 0 Å². The minimum absolute atomic E-state index is 0.0806. The maximum atomic E-state index is 12.3. The molecule has 0 unspecified atom stereocenters. The zero-order chi connectivity index (χ0) is 18.4. The monoisotopic (exact) mass is 372 g/mol. The van der Waals surface area contributed by atoms with Crippen LogP contribution >= 0.6 is 23.5 Å². The van der Waals surface area contributed by atoms with E-state index in [1.54, 1.807) is 62.0 Å². The Morgan fingerprint density at radius 3 is 2.04 bits per heavy atom. The van der Waals surface area contributed by atoms with Gasteiger partial charge in [-0.05, 0) is 68.1 Å². The lowest BCUT2D eigenvalue weighted by Gasteiger charge is -2.18. The standard InChI is InChI=1S/C20H20O3S2/c1-20(2,19(22)23)25-17-11-7-15(8-12-17)18(21)13-6-14-4-9-16(24-3)10-5-14/h4-13H,1-3H3,(H,22,23). The zero-order valence-corrected chi connectivity index (χ0v) is 16.0. The van der Waals surface area contributed by atoms with Gasteiger partial charge in [-0.1, -0.05) is 18.2 Å². The Morgan fingerprint density at radius 1 is 0.960 bits per heavy atom. The van der Waals surface area contributed by atoms with E-state index in [0.717, 1.165) is 10.5 Å². The molecule has 2 rings (SSSR count). The van der Waals surface area contributed by atoms with Gasteiger partial charge in [-0.15, -0.1) is 23.5 Å². The quantitative estimate of drug-likeness (QED) is 0.408. The lowest BCUT2D eigenvalue weighted by atomic mass is 10.1. The van der Waals surface area contributed by atoms with Gasteiger partial charge in [-0.3, -0.25) is 9.59 Å². The summed E-state index contributed by atoms with van der Waals surface area (Å²) in [5.74, 6) is -0.948. The normalized spacial score (nSPS) is 11.6. The van der Waals surface area contributed by atoms with Gasteiger partial charge in [0.15, 0.2) is 5.78 Å². The van der Waals surface area contributed by atoms with Crippen molar-refractivity contribution >= 4 is 41.4 Å². The van der Waals surface area contributed by atoms with E-state index in [1.165, 1.54) is 16.7 Å². The van der Waals surface area contributed by atoms with Gasteiger partial charge in [0.2, 0.25) is 0 Å². The van der Waals surface area contributed by atoms with Crippen LogP contribution < -0.4 is 0 Å². The number of benzene rings is 2. The summed E-state index contributed by atoms with van der Waals surface area (Å²) in [5, 5.41) is 9.17. The van der Waals surface area contributed by atoms with Crippen LogP contribution in [0.1, 0.15) is 29.8 Å². The number of carbonyl (C=O) groups excluding carboxylic acids is 1. The molecule has 0 bridgehead atoms. The van der Waals surface area contributed by atoms with Crippen LogP contribution in [0.5, 0.6) is 0 Å². The van der Waals surface area contributed by atoms with E-state index < -0.39 is 10.7 Å². The smallest absolute Gasteiger partial charge is 0.319 e. The summed E-state index contributed by atoms with van der Waals surface area (Å²) in [7, 11) is 0. The van der Waals surface area contributed by atoms with Gasteiger partial charge in [0.05, 0.1) is 0 Å². The van der Waals surface area contributed by atoms with E-state index in [-0.39, 0.29) is 5.78 Å². The summed E-state index contributed by atoms with van der Waals surface area (Å²) < 4.78 is -0.908. The highest BCUT2D eigenvalue weighted by Crippen LogP contribution is 2.32. The highest BCUT2D eigenvalue weighted by molar-refractivity contribution is 8.01. The molecule has 0 aromatic heterocycles. The van der Waals surface area contributed by atoms with E-state index >= 15 is 0 Å². The van der Waals surface area contributed by atoms with Crippen LogP contribution in [0.25, 0.3) is 6.08 Å². The summed E-state index contributed by atoms with van der Waals surface area (Å²) >= 11 is 2.93. The van der Waals surface area contributed by atoms with Crippen molar-refractivity contribution in [2.75, 3.05) is 6.26 Å². The highest BCUT2D eigenvalue weighted by Gasteiger charge is 2.28. The summed E-state index contributed by atoms with van der Waals surface area (Å²) in [5.41, 5.74) is 1.55. The lowest BCUT2D eigenvalue weighted by molar-refractivity contribution is -0.138. The SMILES string of the molecule is CSc1ccc(C=CC(=O)c2ccc(SC(C)(C)C(=O)O)cc2)cc1. The van der Waals surface area contributed by atoms with Crippen molar-refractivity contribution in [1.82, 2.24) is 0 Å². The molecule has 5 heteroatoms. The maximum absolute atomic E-state index is 12.3. The Morgan fingerprint density at radius 2 is 1.52 bits per heavy atom. The molecule has 0 heterocycles. The summed E-state index contributed by atoms with van der Waals surface area (Å²) in [4.78, 5) is 25.4. The van der Waals surface area contributed by atoms with Gasteiger partial charge >= 0.3 is 5.97 Å². The van der Waals surface area contributed by atoms with E-state index in [2.05, 4.69) is 0 Å². The second-order valence-corrected chi connectivity index (χ2v) is 8.49. The number of carbonyl (C=O) groups is 2. The second-order valence-electron chi connectivity index (χ2n) is 5.91. The molecule has 0 aliphatic rings. The first kappa shape index (κ1) is 19.3. The van der Waals surface area contributed by atoms with Crippen LogP contribution in [-0.2, 0) is 4.79 Å².